The zero-order valence-corrected chi connectivity index (χ0v) is 19.5. The van der Waals surface area contributed by atoms with Gasteiger partial charge in [0.15, 0.2) is 11.5 Å². The minimum absolute atomic E-state index is 0.0113. The molecule has 2 aromatic rings. The Labute approximate surface area is 197 Å². The first-order valence-corrected chi connectivity index (χ1v) is 10.7. The maximum absolute atomic E-state index is 13.9. The van der Waals surface area contributed by atoms with Gasteiger partial charge in [-0.1, -0.05) is 18.2 Å². The minimum atomic E-state index is -0.712. The molecule has 1 heterocycles. The molecule has 1 aliphatic rings. The van der Waals surface area contributed by atoms with Crippen LogP contribution in [0.4, 0.5) is 9.18 Å². The summed E-state index contributed by atoms with van der Waals surface area (Å²) < 4.78 is 30.6. The SMILES string of the molecule is CCOc1cc(/C=C2/NC(=O)N(CC(=O)OC)C2=O)cc(I)c1OCc1ccccc1F. The molecule has 0 saturated carbocycles. The predicted octanol–water partition coefficient (Wildman–Crippen LogP) is 3.47. The highest BCUT2D eigenvalue weighted by Gasteiger charge is 2.35. The first kappa shape index (κ1) is 23.5. The van der Waals surface area contributed by atoms with E-state index < -0.39 is 24.5 Å². The van der Waals surface area contributed by atoms with Gasteiger partial charge in [-0.25, -0.2) is 14.1 Å². The summed E-state index contributed by atoms with van der Waals surface area (Å²) in [6, 6.07) is 8.99. The Kier molecular flexibility index (Phi) is 7.67. The summed E-state index contributed by atoms with van der Waals surface area (Å²) in [7, 11) is 1.17. The second kappa shape index (κ2) is 10.4. The van der Waals surface area contributed by atoms with Gasteiger partial charge in [0.1, 0.15) is 24.7 Å². The molecule has 2 aromatic carbocycles. The molecule has 0 aliphatic carbocycles. The Morgan fingerprint density at radius 1 is 1.22 bits per heavy atom. The van der Waals surface area contributed by atoms with Crippen LogP contribution < -0.4 is 14.8 Å². The Hall–Kier alpha value is -3.15. The van der Waals surface area contributed by atoms with E-state index in [0.29, 0.717) is 32.8 Å². The number of imide groups is 1. The van der Waals surface area contributed by atoms with Crippen LogP contribution in [0.25, 0.3) is 6.08 Å². The van der Waals surface area contributed by atoms with Crippen LogP contribution in [-0.2, 0) is 20.9 Å². The van der Waals surface area contributed by atoms with E-state index in [1.807, 2.05) is 6.92 Å². The monoisotopic (exact) mass is 554 g/mol. The lowest BCUT2D eigenvalue weighted by atomic mass is 10.1. The summed E-state index contributed by atoms with van der Waals surface area (Å²) in [5, 5.41) is 2.44. The van der Waals surface area contributed by atoms with E-state index in [2.05, 4.69) is 32.6 Å². The van der Waals surface area contributed by atoms with Gasteiger partial charge in [-0.15, -0.1) is 0 Å². The number of nitrogens with zero attached hydrogens (tertiary/aromatic N) is 1. The molecule has 1 fully saturated rings. The minimum Gasteiger partial charge on any atom is -0.490 e. The molecule has 0 spiro atoms. The fourth-order valence-corrected chi connectivity index (χ4v) is 3.70. The van der Waals surface area contributed by atoms with Crippen molar-refractivity contribution in [2.75, 3.05) is 20.3 Å². The molecule has 10 heteroatoms. The van der Waals surface area contributed by atoms with Crippen molar-refractivity contribution >= 4 is 46.6 Å². The van der Waals surface area contributed by atoms with Gasteiger partial charge in [0, 0.05) is 5.56 Å². The highest BCUT2D eigenvalue weighted by molar-refractivity contribution is 14.1. The van der Waals surface area contributed by atoms with E-state index in [1.54, 1.807) is 30.3 Å². The van der Waals surface area contributed by atoms with E-state index >= 15 is 0 Å². The third-order valence-corrected chi connectivity index (χ3v) is 5.25. The topological polar surface area (TPSA) is 94.2 Å². The van der Waals surface area contributed by atoms with Crippen LogP contribution in [0.5, 0.6) is 11.5 Å². The van der Waals surface area contributed by atoms with Gasteiger partial charge >= 0.3 is 12.0 Å². The number of carbonyl (C=O) groups is 3. The van der Waals surface area contributed by atoms with Crippen molar-refractivity contribution in [1.29, 1.82) is 0 Å². The first-order chi connectivity index (χ1) is 15.3. The number of halogens is 2. The van der Waals surface area contributed by atoms with Crippen LogP contribution in [0, 0.1) is 9.39 Å². The van der Waals surface area contributed by atoms with Crippen LogP contribution in [0.15, 0.2) is 42.1 Å². The van der Waals surface area contributed by atoms with Gasteiger partial charge in [-0.3, -0.25) is 9.59 Å². The normalized spacial score (nSPS) is 14.5. The summed E-state index contributed by atoms with van der Waals surface area (Å²) in [4.78, 5) is 36.7. The fourth-order valence-electron chi connectivity index (χ4n) is 2.92. The number of ether oxygens (including phenoxy) is 3. The molecule has 0 atom stereocenters. The van der Waals surface area contributed by atoms with Crippen molar-refractivity contribution < 1.29 is 33.0 Å². The summed E-state index contributed by atoms with van der Waals surface area (Å²) in [5.41, 5.74) is 0.985. The summed E-state index contributed by atoms with van der Waals surface area (Å²) >= 11 is 2.05. The average molecular weight is 554 g/mol. The summed E-state index contributed by atoms with van der Waals surface area (Å²) in [6.45, 7) is 1.70. The molecule has 1 saturated heterocycles. The Balaban J connectivity index is 1.85. The molecular weight excluding hydrogens is 534 g/mol. The van der Waals surface area contributed by atoms with Crippen LogP contribution in [0.2, 0.25) is 0 Å². The van der Waals surface area contributed by atoms with Gasteiger partial charge in [0.05, 0.1) is 17.3 Å². The molecule has 1 N–H and O–H groups in total. The van der Waals surface area contributed by atoms with Crippen LogP contribution >= 0.6 is 22.6 Å². The van der Waals surface area contributed by atoms with Crippen molar-refractivity contribution in [1.82, 2.24) is 10.2 Å². The average Bonchev–Trinajstić information content (AvgIpc) is 3.01. The lowest BCUT2D eigenvalue weighted by Crippen LogP contribution is -2.36. The molecular formula is C22H20FIN2O6. The zero-order valence-electron chi connectivity index (χ0n) is 17.3. The van der Waals surface area contributed by atoms with Crippen molar-refractivity contribution in [3.8, 4) is 11.5 Å². The predicted molar refractivity (Wildman–Crippen MR) is 121 cm³/mol. The number of nitrogens with one attached hydrogen (secondary N) is 1. The number of hydrogen-bond donors (Lipinski definition) is 1. The van der Waals surface area contributed by atoms with Crippen molar-refractivity contribution in [3.05, 3.63) is 62.6 Å². The number of rotatable bonds is 8. The quantitative estimate of drug-likeness (QED) is 0.233. The molecule has 0 unspecified atom stereocenters. The van der Waals surface area contributed by atoms with Crippen LogP contribution in [0.3, 0.4) is 0 Å². The molecule has 32 heavy (non-hydrogen) atoms. The van der Waals surface area contributed by atoms with Crippen LogP contribution in [-0.4, -0.2) is 43.1 Å². The third-order valence-electron chi connectivity index (χ3n) is 4.45. The molecule has 0 bridgehead atoms. The van der Waals surface area contributed by atoms with E-state index in [9.17, 15) is 18.8 Å². The number of hydrogen-bond acceptors (Lipinski definition) is 6. The maximum atomic E-state index is 13.9. The van der Waals surface area contributed by atoms with Gasteiger partial charge in [0.25, 0.3) is 5.91 Å². The number of carbonyl (C=O) groups excluding carboxylic acids is 3. The fraction of sp³-hybridized carbons (Fsp3) is 0.227. The lowest BCUT2D eigenvalue weighted by Gasteiger charge is -2.15. The van der Waals surface area contributed by atoms with Crippen molar-refractivity contribution in [3.63, 3.8) is 0 Å². The van der Waals surface area contributed by atoms with Gasteiger partial charge < -0.3 is 19.5 Å². The molecule has 8 nitrogen and oxygen atoms in total. The first-order valence-electron chi connectivity index (χ1n) is 9.58. The molecule has 0 radical (unpaired) electrons. The Bertz CT molecular complexity index is 1090. The van der Waals surface area contributed by atoms with E-state index in [4.69, 9.17) is 9.47 Å². The molecule has 3 rings (SSSR count). The van der Waals surface area contributed by atoms with Gasteiger partial charge in [0.2, 0.25) is 0 Å². The van der Waals surface area contributed by atoms with Crippen LogP contribution in [0.1, 0.15) is 18.1 Å². The smallest absolute Gasteiger partial charge is 0.329 e. The Morgan fingerprint density at radius 3 is 2.66 bits per heavy atom. The van der Waals surface area contributed by atoms with E-state index in [0.717, 1.165) is 4.90 Å². The molecule has 0 aromatic heterocycles. The second-order valence-corrected chi connectivity index (χ2v) is 7.76. The third kappa shape index (κ3) is 5.36. The maximum Gasteiger partial charge on any atom is 0.329 e. The number of benzene rings is 2. The Morgan fingerprint density at radius 2 is 1.97 bits per heavy atom. The second-order valence-electron chi connectivity index (χ2n) is 6.60. The van der Waals surface area contributed by atoms with E-state index in [-0.39, 0.29) is 18.1 Å². The van der Waals surface area contributed by atoms with Gasteiger partial charge in [-0.05, 0) is 59.4 Å². The zero-order chi connectivity index (χ0) is 23.3. The largest absolute Gasteiger partial charge is 0.490 e. The number of esters is 1. The summed E-state index contributed by atoms with van der Waals surface area (Å²) in [5.74, 6) is -0.876. The van der Waals surface area contributed by atoms with Crippen molar-refractivity contribution in [2.24, 2.45) is 0 Å². The van der Waals surface area contributed by atoms with E-state index in [1.165, 1.54) is 19.3 Å². The molecule has 168 valence electrons. The number of urea groups is 1. The highest BCUT2D eigenvalue weighted by Crippen LogP contribution is 2.36. The highest BCUT2D eigenvalue weighted by atomic mass is 127. The van der Waals surface area contributed by atoms with Gasteiger partial charge in [-0.2, -0.15) is 0 Å². The number of methoxy groups -OCH3 is 1. The lowest BCUT2D eigenvalue weighted by molar-refractivity contribution is -0.143. The molecule has 3 amide bonds. The van der Waals surface area contributed by atoms with Crippen molar-refractivity contribution in [2.45, 2.75) is 13.5 Å². The number of amides is 3. The molecule has 1 aliphatic heterocycles. The standard InChI is InChI=1S/C22H20FIN2O6/c1-3-31-18-10-13(9-17-21(28)26(22(29)25-17)11-19(27)30-2)8-16(24)20(18)32-12-14-6-4-5-7-15(14)23/h4-10H,3,11-12H2,1-2H3,(H,25,29)/b17-9+. The summed E-state index contributed by atoms with van der Waals surface area (Å²) in [6.07, 6.45) is 1.48.